The number of furan rings is 1. The third-order valence-electron chi connectivity index (χ3n) is 3.69. The lowest BCUT2D eigenvalue weighted by Gasteiger charge is -2.15. The van der Waals surface area contributed by atoms with E-state index in [0.717, 1.165) is 31.3 Å². The van der Waals surface area contributed by atoms with E-state index in [9.17, 15) is 0 Å². The van der Waals surface area contributed by atoms with Crippen molar-refractivity contribution in [3.05, 3.63) is 36.1 Å². The average Bonchev–Trinajstić information content (AvgIpc) is 3.17. The largest absolute Gasteiger partial charge is 0.464 e. The van der Waals surface area contributed by atoms with Crippen molar-refractivity contribution >= 4 is 11.0 Å². The van der Waals surface area contributed by atoms with E-state index in [-0.39, 0.29) is 0 Å². The second kappa shape index (κ2) is 5.12. The van der Waals surface area contributed by atoms with Gasteiger partial charge in [0, 0.05) is 36.6 Å². The number of para-hydroxylation sites is 1. The summed E-state index contributed by atoms with van der Waals surface area (Å²) >= 11 is 0. The van der Waals surface area contributed by atoms with Crippen molar-refractivity contribution in [2.24, 2.45) is 0 Å². The molecule has 3 rings (SSSR count). The van der Waals surface area contributed by atoms with Crippen LogP contribution < -0.4 is 5.32 Å². The van der Waals surface area contributed by atoms with Gasteiger partial charge in [0.05, 0.1) is 6.26 Å². The van der Waals surface area contributed by atoms with Crippen LogP contribution in [0.5, 0.6) is 0 Å². The van der Waals surface area contributed by atoms with Crippen molar-refractivity contribution in [1.29, 1.82) is 0 Å². The summed E-state index contributed by atoms with van der Waals surface area (Å²) in [6.45, 7) is 3.04. The highest BCUT2D eigenvalue weighted by atomic mass is 16.3. The quantitative estimate of drug-likeness (QED) is 0.792. The van der Waals surface area contributed by atoms with Crippen LogP contribution in [0.15, 0.2) is 34.9 Å². The molecule has 1 fully saturated rings. The summed E-state index contributed by atoms with van der Waals surface area (Å²) in [5.74, 6) is 0. The Kier molecular flexibility index (Phi) is 3.35. The molecular formula is C15H20N2O. The molecule has 0 amide bonds. The number of hydrogen-bond donors (Lipinski definition) is 1. The molecule has 0 aliphatic heterocycles. The molecule has 0 bridgehead atoms. The summed E-state index contributed by atoms with van der Waals surface area (Å²) in [6.07, 6.45) is 4.62. The highest BCUT2D eigenvalue weighted by molar-refractivity contribution is 5.80. The van der Waals surface area contributed by atoms with Gasteiger partial charge in [0.25, 0.3) is 0 Å². The summed E-state index contributed by atoms with van der Waals surface area (Å²) < 4.78 is 5.52. The zero-order chi connectivity index (χ0) is 12.4. The van der Waals surface area contributed by atoms with Gasteiger partial charge in [-0.25, -0.2) is 0 Å². The topological polar surface area (TPSA) is 28.4 Å². The summed E-state index contributed by atoms with van der Waals surface area (Å²) in [5.41, 5.74) is 2.23. The Labute approximate surface area is 108 Å². The molecule has 18 heavy (non-hydrogen) atoms. The summed E-state index contributed by atoms with van der Waals surface area (Å²) in [7, 11) is 2.21. The van der Waals surface area contributed by atoms with Crippen LogP contribution in [0.2, 0.25) is 0 Å². The smallest absolute Gasteiger partial charge is 0.134 e. The van der Waals surface area contributed by atoms with E-state index in [2.05, 4.69) is 29.4 Å². The van der Waals surface area contributed by atoms with E-state index in [1.165, 1.54) is 23.8 Å². The minimum absolute atomic E-state index is 0.849. The number of rotatable bonds is 6. The predicted octanol–water partition coefficient (Wildman–Crippen LogP) is 2.62. The molecule has 1 aliphatic rings. The molecule has 3 heteroatoms. The van der Waals surface area contributed by atoms with Gasteiger partial charge in [-0.1, -0.05) is 18.2 Å². The van der Waals surface area contributed by atoms with Gasteiger partial charge in [0.2, 0.25) is 0 Å². The number of fused-ring (bicyclic) bond motifs is 1. The molecule has 0 saturated heterocycles. The Bertz CT molecular complexity index is 516. The molecule has 0 spiro atoms. The number of nitrogens with one attached hydrogen (secondary N) is 1. The molecule has 2 aromatic rings. The minimum atomic E-state index is 0.849. The van der Waals surface area contributed by atoms with E-state index in [1.54, 1.807) is 0 Å². The predicted molar refractivity (Wildman–Crippen MR) is 73.6 cm³/mol. The van der Waals surface area contributed by atoms with Crippen molar-refractivity contribution in [2.45, 2.75) is 25.4 Å². The first-order valence-electron chi connectivity index (χ1n) is 6.70. The SMILES string of the molecule is CN(CCNCc1coc2ccccc12)C1CC1. The number of hydrogen-bond acceptors (Lipinski definition) is 3. The lowest BCUT2D eigenvalue weighted by atomic mass is 10.2. The van der Waals surface area contributed by atoms with Crippen LogP contribution in [0.25, 0.3) is 11.0 Å². The van der Waals surface area contributed by atoms with Crippen LogP contribution in [-0.2, 0) is 6.54 Å². The van der Waals surface area contributed by atoms with Crippen LogP contribution in [0, 0.1) is 0 Å². The van der Waals surface area contributed by atoms with Gasteiger partial charge in [0.1, 0.15) is 5.58 Å². The van der Waals surface area contributed by atoms with E-state index in [1.807, 2.05) is 18.4 Å². The van der Waals surface area contributed by atoms with E-state index < -0.39 is 0 Å². The maximum Gasteiger partial charge on any atom is 0.134 e. The highest BCUT2D eigenvalue weighted by Gasteiger charge is 2.25. The third kappa shape index (κ3) is 2.57. The molecule has 1 N–H and O–H groups in total. The molecule has 1 saturated carbocycles. The Hall–Kier alpha value is -1.32. The average molecular weight is 244 g/mol. The first-order chi connectivity index (χ1) is 8.84. The van der Waals surface area contributed by atoms with Gasteiger partial charge in [-0.3, -0.25) is 0 Å². The second-order valence-corrected chi connectivity index (χ2v) is 5.15. The van der Waals surface area contributed by atoms with Crippen LogP contribution in [0.4, 0.5) is 0 Å². The standard InChI is InChI=1S/C15H20N2O/c1-17(13-6-7-13)9-8-16-10-12-11-18-15-5-3-2-4-14(12)15/h2-5,11,13,16H,6-10H2,1H3. The Balaban J connectivity index is 1.50. The van der Waals surface area contributed by atoms with Crippen molar-refractivity contribution in [1.82, 2.24) is 10.2 Å². The Morgan fingerprint density at radius 3 is 3.00 bits per heavy atom. The van der Waals surface area contributed by atoms with E-state index in [0.29, 0.717) is 0 Å². The Morgan fingerprint density at radius 1 is 1.33 bits per heavy atom. The van der Waals surface area contributed by atoms with Gasteiger partial charge < -0.3 is 14.6 Å². The molecular weight excluding hydrogens is 224 g/mol. The highest BCUT2D eigenvalue weighted by Crippen LogP contribution is 2.24. The van der Waals surface area contributed by atoms with E-state index in [4.69, 9.17) is 4.42 Å². The van der Waals surface area contributed by atoms with Crippen molar-refractivity contribution < 1.29 is 4.42 Å². The van der Waals surface area contributed by atoms with Crippen LogP contribution in [0.3, 0.4) is 0 Å². The molecule has 0 unspecified atom stereocenters. The van der Waals surface area contributed by atoms with Gasteiger partial charge in [-0.2, -0.15) is 0 Å². The molecule has 96 valence electrons. The van der Waals surface area contributed by atoms with Gasteiger partial charge in [-0.05, 0) is 26.0 Å². The second-order valence-electron chi connectivity index (χ2n) is 5.15. The monoisotopic (exact) mass is 244 g/mol. The van der Waals surface area contributed by atoms with E-state index >= 15 is 0 Å². The lowest BCUT2D eigenvalue weighted by Crippen LogP contribution is -2.30. The molecule has 1 heterocycles. The Morgan fingerprint density at radius 2 is 2.17 bits per heavy atom. The molecule has 3 nitrogen and oxygen atoms in total. The summed E-state index contributed by atoms with van der Waals surface area (Å²) in [5, 5.41) is 4.71. The van der Waals surface area contributed by atoms with Crippen LogP contribution in [0.1, 0.15) is 18.4 Å². The van der Waals surface area contributed by atoms with Crippen molar-refractivity contribution in [2.75, 3.05) is 20.1 Å². The van der Waals surface area contributed by atoms with Crippen LogP contribution >= 0.6 is 0 Å². The third-order valence-corrected chi connectivity index (χ3v) is 3.69. The zero-order valence-corrected chi connectivity index (χ0v) is 10.9. The van der Waals surface area contributed by atoms with Crippen molar-refractivity contribution in [3.63, 3.8) is 0 Å². The van der Waals surface area contributed by atoms with Gasteiger partial charge in [0.15, 0.2) is 0 Å². The number of benzene rings is 1. The maximum atomic E-state index is 5.52. The maximum absolute atomic E-state index is 5.52. The molecule has 1 aliphatic carbocycles. The lowest BCUT2D eigenvalue weighted by molar-refractivity contribution is 0.321. The molecule has 1 aromatic heterocycles. The fourth-order valence-electron chi connectivity index (χ4n) is 2.35. The molecule has 0 atom stereocenters. The minimum Gasteiger partial charge on any atom is -0.464 e. The summed E-state index contributed by atoms with van der Waals surface area (Å²) in [4.78, 5) is 2.44. The fraction of sp³-hybridized carbons (Fsp3) is 0.467. The van der Waals surface area contributed by atoms with Crippen LogP contribution in [-0.4, -0.2) is 31.1 Å². The van der Waals surface area contributed by atoms with Crippen molar-refractivity contribution in [3.8, 4) is 0 Å². The number of nitrogens with zero attached hydrogens (tertiary/aromatic N) is 1. The zero-order valence-electron chi connectivity index (χ0n) is 10.9. The number of likely N-dealkylation sites (N-methyl/N-ethyl adjacent to an activating group) is 1. The first kappa shape index (κ1) is 11.8. The molecule has 1 aromatic carbocycles. The summed E-state index contributed by atoms with van der Waals surface area (Å²) in [6, 6.07) is 9.04. The molecule has 0 radical (unpaired) electrons. The van der Waals surface area contributed by atoms with Gasteiger partial charge in [-0.15, -0.1) is 0 Å². The van der Waals surface area contributed by atoms with Gasteiger partial charge >= 0.3 is 0 Å². The first-order valence-corrected chi connectivity index (χ1v) is 6.70. The normalized spacial score (nSPS) is 15.7. The fourth-order valence-corrected chi connectivity index (χ4v) is 2.35.